The molecule has 0 aliphatic heterocycles. The first-order valence-corrected chi connectivity index (χ1v) is 11.1. The van der Waals surface area contributed by atoms with Crippen molar-refractivity contribution >= 4 is 36.1 Å². The molecule has 28 heavy (non-hydrogen) atoms. The molecule has 2 aromatic rings. The van der Waals surface area contributed by atoms with Crippen molar-refractivity contribution in [2.24, 2.45) is 0 Å². The van der Waals surface area contributed by atoms with Crippen LogP contribution in [-0.2, 0) is 19.4 Å². The van der Waals surface area contributed by atoms with Crippen molar-refractivity contribution in [2.75, 3.05) is 3.80 Å². The van der Waals surface area contributed by atoms with E-state index in [0.29, 0.717) is 4.22 Å². The van der Waals surface area contributed by atoms with Crippen LogP contribution in [0.2, 0.25) is 0 Å². The Morgan fingerprint density at radius 1 is 0.929 bits per heavy atom. The number of halogens is 2. The molecule has 0 amide bonds. The molecule has 0 aromatic heterocycles. The third-order valence-electron chi connectivity index (χ3n) is 5.24. The molecular formula is C24H31Cl2NTi. The molecule has 0 radical (unpaired) electrons. The Morgan fingerprint density at radius 3 is 2.11 bits per heavy atom. The zero-order valence-corrected chi connectivity index (χ0v) is 20.8. The van der Waals surface area contributed by atoms with Crippen molar-refractivity contribution in [1.29, 1.82) is 0 Å². The van der Waals surface area contributed by atoms with Crippen molar-refractivity contribution in [3.05, 3.63) is 81.4 Å². The summed E-state index contributed by atoms with van der Waals surface area (Å²) in [5, 5.41) is 0. The summed E-state index contributed by atoms with van der Waals surface area (Å²) in [7, 11) is 0. The summed E-state index contributed by atoms with van der Waals surface area (Å²) < 4.78 is 4.42. The molecule has 2 aromatic carbocycles. The molecule has 0 bridgehead atoms. The standard InChI is InChI=1S/C15H17.C9H12N.2ClH.Ti/c1-4-13-7-5-6-8-14(13)15-10-11(2)9-12(15)3;1-6-4-7(2)9(10)8(3)5-6;;;/h4-9H,10H2,1-3H3;4-5,10H,1-3H3;2*1H;/q;-1;;;+1. The fourth-order valence-electron chi connectivity index (χ4n) is 4.02. The van der Waals surface area contributed by atoms with Crippen molar-refractivity contribution in [1.82, 2.24) is 0 Å². The molecule has 3 rings (SSSR count). The van der Waals surface area contributed by atoms with Gasteiger partial charge in [0.2, 0.25) is 0 Å². The summed E-state index contributed by atoms with van der Waals surface area (Å²) >= 11 is -0.341. The Morgan fingerprint density at radius 2 is 1.54 bits per heavy atom. The van der Waals surface area contributed by atoms with Gasteiger partial charge in [-0.15, -0.1) is 24.8 Å². The van der Waals surface area contributed by atoms with Crippen LogP contribution in [0.1, 0.15) is 59.2 Å². The monoisotopic (exact) mass is 451 g/mol. The summed E-state index contributed by atoms with van der Waals surface area (Å²) in [5.41, 5.74) is 12.8. The number of benzene rings is 2. The van der Waals surface area contributed by atoms with Gasteiger partial charge in [-0.25, -0.2) is 0 Å². The van der Waals surface area contributed by atoms with E-state index in [1.807, 2.05) is 0 Å². The fourth-order valence-corrected chi connectivity index (χ4v) is 5.83. The first-order chi connectivity index (χ1) is 12.4. The molecule has 150 valence electrons. The molecule has 1 unspecified atom stereocenters. The van der Waals surface area contributed by atoms with Crippen molar-refractivity contribution in [2.45, 2.75) is 52.2 Å². The number of aryl methyl sites for hydroxylation is 3. The maximum absolute atomic E-state index is 3.84. The van der Waals surface area contributed by atoms with Gasteiger partial charge in [-0.3, -0.25) is 0 Å². The zero-order valence-electron chi connectivity index (χ0n) is 17.6. The van der Waals surface area contributed by atoms with Crippen LogP contribution in [0, 0.1) is 20.8 Å². The molecule has 1 atom stereocenters. The molecule has 1 aliphatic carbocycles. The van der Waals surface area contributed by atoms with Crippen LogP contribution in [0.3, 0.4) is 0 Å². The Kier molecular flexibility index (Phi) is 9.57. The van der Waals surface area contributed by atoms with E-state index in [1.54, 1.807) is 0 Å². The minimum atomic E-state index is -0.341. The third kappa shape index (κ3) is 5.54. The topological polar surface area (TPSA) is 12.0 Å². The molecule has 4 heteroatoms. The van der Waals surface area contributed by atoms with Gasteiger partial charge in [0.25, 0.3) is 0 Å². The minimum Gasteiger partial charge on any atom is -0.147 e. The van der Waals surface area contributed by atoms with Crippen LogP contribution in [-0.4, -0.2) is 0 Å². The number of hydrogen-bond donors (Lipinski definition) is 1. The van der Waals surface area contributed by atoms with E-state index in [4.69, 9.17) is 0 Å². The van der Waals surface area contributed by atoms with E-state index in [1.165, 1.54) is 50.2 Å². The minimum absolute atomic E-state index is 0. The number of allylic oxidation sites excluding steroid dienone is 4. The van der Waals surface area contributed by atoms with Gasteiger partial charge in [0.05, 0.1) is 0 Å². The van der Waals surface area contributed by atoms with Crippen LogP contribution in [0.5, 0.6) is 0 Å². The maximum atomic E-state index is 3.84. The SMILES string of the molecule is CC1=CC(C)=C(c2ccccc2[CH](C)[Ti][NH]c2c(C)cc(C)cc2C)C1.Cl.Cl. The Labute approximate surface area is 192 Å². The van der Waals surface area contributed by atoms with E-state index in [-0.39, 0.29) is 44.2 Å². The van der Waals surface area contributed by atoms with Crippen LogP contribution in [0.25, 0.3) is 5.57 Å². The van der Waals surface area contributed by atoms with E-state index in [2.05, 4.69) is 87.8 Å². The van der Waals surface area contributed by atoms with Gasteiger partial charge >= 0.3 is 168 Å². The van der Waals surface area contributed by atoms with Crippen LogP contribution in [0.15, 0.2) is 53.6 Å². The average molecular weight is 452 g/mol. The molecule has 0 saturated heterocycles. The second-order valence-electron chi connectivity index (χ2n) is 7.68. The summed E-state index contributed by atoms with van der Waals surface area (Å²) in [4.78, 5) is 0. The molecule has 0 saturated carbocycles. The summed E-state index contributed by atoms with van der Waals surface area (Å²) in [5.74, 6) is 0. The van der Waals surface area contributed by atoms with Crippen LogP contribution >= 0.6 is 24.8 Å². The predicted octanol–water partition coefficient (Wildman–Crippen LogP) is 7.75. The van der Waals surface area contributed by atoms with Gasteiger partial charge in [0.15, 0.2) is 0 Å². The average Bonchev–Trinajstić information content (AvgIpc) is 2.92. The van der Waals surface area contributed by atoms with Gasteiger partial charge in [-0.1, -0.05) is 0 Å². The molecule has 0 heterocycles. The Hall–Kier alpha value is -0.986. The van der Waals surface area contributed by atoms with Crippen molar-refractivity contribution < 1.29 is 19.4 Å². The molecule has 1 N–H and O–H groups in total. The van der Waals surface area contributed by atoms with E-state index in [9.17, 15) is 0 Å². The quantitative estimate of drug-likeness (QED) is 0.458. The van der Waals surface area contributed by atoms with Gasteiger partial charge < -0.3 is 0 Å². The largest absolute Gasteiger partial charge is 0.147 e. The summed E-state index contributed by atoms with van der Waals surface area (Å²) in [6.45, 7) is 13.5. The Balaban J connectivity index is 0.00000196. The van der Waals surface area contributed by atoms with Crippen LogP contribution < -0.4 is 3.80 Å². The molecular weight excluding hydrogens is 421 g/mol. The van der Waals surface area contributed by atoms with E-state index >= 15 is 0 Å². The Bertz CT molecular complexity index is 876. The molecule has 1 aliphatic rings. The van der Waals surface area contributed by atoms with Gasteiger partial charge in [0.1, 0.15) is 0 Å². The first-order valence-electron chi connectivity index (χ1n) is 9.42. The van der Waals surface area contributed by atoms with Gasteiger partial charge in [-0.05, 0) is 0 Å². The first kappa shape index (κ1) is 25.1. The predicted molar refractivity (Wildman–Crippen MR) is 125 cm³/mol. The second kappa shape index (κ2) is 10.7. The fraction of sp³-hybridized carbons (Fsp3) is 0.333. The second-order valence-corrected chi connectivity index (χ2v) is 9.87. The number of hydrogen-bond acceptors (Lipinski definition) is 1. The van der Waals surface area contributed by atoms with Crippen LogP contribution in [0.4, 0.5) is 5.69 Å². The van der Waals surface area contributed by atoms with E-state index in [0.717, 1.165) is 6.42 Å². The van der Waals surface area contributed by atoms with E-state index < -0.39 is 0 Å². The van der Waals surface area contributed by atoms with Crippen molar-refractivity contribution in [3.8, 4) is 0 Å². The molecule has 0 fully saturated rings. The van der Waals surface area contributed by atoms with Gasteiger partial charge in [-0.2, -0.15) is 0 Å². The number of rotatable bonds is 5. The molecule has 1 nitrogen and oxygen atoms in total. The third-order valence-corrected chi connectivity index (χ3v) is 7.02. The smallest absolute Gasteiger partial charge is 0.147 e. The van der Waals surface area contributed by atoms with Gasteiger partial charge in [0, 0.05) is 0 Å². The summed E-state index contributed by atoms with van der Waals surface area (Å²) in [6, 6.07) is 13.6. The molecule has 0 spiro atoms. The maximum Gasteiger partial charge on any atom is -0.147 e. The zero-order chi connectivity index (χ0) is 18.8. The number of anilines is 1. The summed E-state index contributed by atoms with van der Waals surface area (Å²) in [6.07, 6.45) is 3.43. The van der Waals surface area contributed by atoms with Crippen molar-refractivity contribution in [3.63, 3.8) is 0 Å². The normalized spacial score (nSPS) is 14.0. The number of nitrogens with one attached hydrogen (secondary N) is 1.